The lowest BCUT2D eigenvalue weighted by atomic mass is 10.1. The summed E-state index contributed by atoms with van der Waals surface area (Å²) >= 11 is 1.68. The molecule has 0 amide bonds. The van der Waals surface area contributed by atoms with Crippen molar-refractivity contribution in [1.82, 2.24) is 10.3 Å². The molecule has 0 saturated carbocycles. The third-order valence-electron chi connectivity index (χ3n) is 3.06. The van der Waals surface area contributed by atoms with E-state index in [1.165, 1.54) is 11.1 Å². The molecule has 1 aromatic heterocycles. The number of nitrogens with one attached hydrogen (secondary N) is 1. The van der Waals surface area contributed by atoms with Crippen LogP contribution in [0.1, 0.15) is 28.8 Å². The number of thiazole rings is 1. The first-order chi connectivity index (χ1) is 9.20. The fourth-order valence-electron chi connectivity index (χ4n) is 1.76. The standard InChI is InChI=1S/C15H20N2OS/c1-4-16-8-15-17-13(10-19-15)9-18-14-7-5-6-11(2)12(14)3/h5-7,10,16H,4,8-9H2,1-3H3. The fourth-order valence-corrected chi connectivity index (χ4v) is 2.51. The molecule has 2 aromatic rings. The molecule has 4 heteroatoms. The van der Waals surface area contributed by atoms with E-state index in [0.29, 0.717) is 6.61 Å². The molecule has 1 N–H and O–H groups in total. The van der Waals surface area contributed by atoms with Gasteiger partial charge < -0.3 is 10.1 Å². The van der Waals surface area contributed by atoms with Crippen LogP contribution in [-0.4, -0.2) is 11.5 Å². The van der Waals surface area contributed by atoms with Crippen molar-refractivity contribution in [2.45, 2.75) is 33.9 Å². The minimum Gasteiger partial charge on any atom is -0.487 e. The summed E-state index contributed by atoms with van der Waals surface area (Å²) in [6.45, 7) is 8.62. The molecule has 0 atom stereocenters. The van der Waals surface area contributed by atoms with Crippen LogP contribution in [0.5, 0.6) is 5.75 Å². The van der Waals surface area contributed by atoms with E-state index in [2.05, 4.69) is 42.5 Å². The summed E-state index contributed by atoms with van der Waals surface area (Å²) in [4.78, 5) is 4.55. The Morgan fingerprint density at radius 3 is 2.95 bits per heavy atom. The zero-order chi connectivity index (χ0) is 13.7. The number of benzene rings is 1. The maximum atomic E-state index is 5.85. The molecular formula is C15H20N2OS. The summed E-state index contributed by atoms with van der Waals surface area (Å²) in [5, 5.41) is 6.46. The van der Waals surface area contributed by atoms with Crippen molar-refractivity contribution in [3.05, 3.63) is 45.4 Å². The second-order valence-electron chi connectivity index (χ2n) is 4.50. The van der Waals surface area contributed by atoms with Gasteiger partial charge in [0.25, 0.3) is 0 Å². The monoisotopic (exact) mass is 276 g/mol. The van der Waals surface area contributed by atoms with Gasteiger partial charge in [0.2, 0.25) is 0 Å². The molecule has 3 nitrogen and oxygen atoms in total. The Hall–Kier alpha value is -1.39. The Kier molecular flexibility index (Phi) is 4.93. The molecule has 0 aliphatic heterocycles. The molecule has 19 heavy (non-hydrogen) atoms. The summed E-state index contributed by atoms with van der Waals surface area (Å²) in [6, 6.07) is 6.13. The Morgan fingerprint density at radius 1 is 1.32 bits per heavy atom. The number of ether oxygens (including phenoxy) is 1. The van der Waals surface area contributed by atoms with Crippen molar-refractivity contribution >= 4 is 11.3 Å². The average Bonchev–Trinajstić information content (AvgIpc) is 2.86. The highest BCUT2D eigenvalue weighted by Gasteiger charge is 2.05. The van der Waals surface area contributed by atoms with Gasteiger partial charge in [-0.2, -0.15) is 0 Å². The molecule has 1 heterocycles. The molecule has 0 saturated heterocycles. The van der Waals surface area contributed by atoms with E-state index in [1.54, 1.807) is 11.3 Å². The van der Waals surface area contributed by atoms with Gasteiger partial charge in [-0.15, -0.1) is 11.3 Å². The quantitative estimate of drug-likeness (QED) is 0.877. The van der Waals surface area contributed by atoms with E-state index in [0.717, 1.165) is 29.5 Å². The molecule has 102 valence electrons. The van der Waals surface area contributed by atoms with Gasteiger partial charge in [0.05, 0.1) is 5.69 Å². The number of rotatable bonds is 6. The van der Waals surface area contributed by atoms with Crippen LogP contribution in [0.15, 0.2) is 23.6 Å². The van der Waals surface area contributed by atoms with E-state index in [4.69, 9.17) is 4.74 Å². The van der Waals surface area contributed by atoms with Gasteiger partial charge in [0, 0.05) is 11.9 Å². The van der Waals surface area contributed by atoms with Crippen molar-refractivity contribution in [1.29, 1.82) is 0 Å². The van der Waals surface area contributed by atoms with Gasteiger partial charge in [-0.25, -0.2) is 4.98 Å². The van der Waals surface area contributed by atoms with Crippen LogP contribution in [0.2, 0.25) is 0 Å². The Bertz CT molecular complexity index is 537. The van der Waals surface area contributed by atoms with Gasteiger partial charge in [0.15, 0.2) is 0 Å². The molecule has 0 aliphatic carbocycles. The molecule has 2 rings (SSSR count). The Morgan fingerprint density at radius 2 is 2.16 bits per heavy atom. The summed E-state index contributed by atoms with van der Waals surface area (Å²) in [6.07, 6.45) is 0. The fraction of sp³-hybridized carbons (Fsp3) is 0.400. The van der Waals surface area contributed by atoms with Crippen molar-refractivity contribution in [2.75, 3.05) is 6.54 Å². The lowest BCUT2D eigenvalue weighted by molar-refractivity contribution is 0.299. The van der Waals surface area contributed by atoms with E-state index in [9.17, 15) is 0 Å². The van der Waals surface area contributed by atoms with Gasteiger partial charge in [-0.3, -0.25) is 0 Å². The predicted octanol–water partition coefficient (Wildman–Crippen LogP) is 3.45. The third kappa shape index (κ3) is 3.78. The van der Waals surface area contributed by atoms with Crippen molar-refractivity contribution in [3.63, 3.8) is 0 Å². The van der Waals surface area contributed by atoms with Gasteiger partial charge in [-0.05, 0) is 37.6 Å². The number of aromatic nitrogens is 1. The second-order valence-corrected chi connectivity index (χ2v) is 5.44. The van der Waals surface area contributed by atoms with Gasteiger partial charge >= 0.3 is 0 Å². The highest BCUT2D eigenvalue weighted by molar-refractivity contribution is 7.09. The maximum Gasteiger partial charge on any atom is 0.131 e. The van der Waals surface area contributed by atoms with E-state index in [-0.39, 0.29) is 0 Å². The minimum absolute atomic E-state index is 0.535. The largest absolute Gasteiger partial charge is 0.487 e. The Labute approximate surface area is 118 Å². The highest BCUT2D eigenvalue weighted by Crippen LogP contribution is 2.22. The van der Waals surface area contributed by atoms with Crippen molar-refractivity contribution < 1.29 is 4.74 Å². The summed E-state index contributed by atoms with van der Waals surface area (Å²) in [7, 11) is 0. The minimum atomic E-state index is 0.535. The number of aryl methyl sites for hydroxylation is 1. The normalized spacial score (nSPS) is 10.7. The average molecular weight is 276 g/mol. The second kappa shape index (κ2) is 6.68. The summed E-state index contributed by atoms with van der Waals surface area (Å²) in [5.74, 6) is 0.946. The number of hydrogen-bond acceptors (Lipinski definition) is 4. The summed E-state index contributed by atoms with van der Waals surface area (Å²) < 4.78 is 5.85. The number of hydrogen-bond donors (Lipinski definition) is 1. The van der Waals surface area contributed by atoms with Crippen LogP contribution in [0, 0.1) is 13.8 Å². The zero-order valence-electron chi connectivity index (χ0n) is 11.7. The van der Waals surface area contributed by atoms with Crippen LogP contribution in [0.4, 0.5) is 0 Å². The van der Waals surface area contributed by atoms with Crippen LogP contribution < -0.4 is 10.1 Å². The lowest BCUT2D eigenvalue weighted by Crippen LogP contribution is -2.11. The van der Waals surface area contributed by atoms with Gasteiger partial charge in [0.1, 0.15) is 17.4 Å². The molecule has 0 radical (unpaired) electrons. The SMILES string of the molecule is CCNCc1nc(COc2cccc(C)c2C)cs1. The van der Waals surface area contributed by atoms with Crippen molar-refractivity contribution in [2.24, 2.45) is 0 Å². The highest BCUT2D eigenvalue weighted by atomic mass is 32.1. The van der Waals surface area contributed by atoms with Crippen LogP contribution in [0.3, 0.4) is 0 Å². The lowest BCUT2D eigenvalue weighted by Gasteiger charge is -2.09. The summed E-state index contributed by atoms with van der Waals surface area (Å²) in [5.41, 5.74) is 3.45. The molecule has 1 aromatic carbocycles. The smallest absolute Gasteiger partial charge is 0.131 e. The van der Waals surface area contributed by atoms with Crippen LogP contribution in [0.25, 0.3) is 0 Å². The predicted molar refractivity (Wildman–Crippen MR) is 79.7 cm³/mol. The van der Waals surface area contributed by atoms with E-state index < -0.39 is 0 Å². The molecule has 0 aliphatic rings. The number of nitrogens with zero attached hydrogens (tertiary/aromatic N) is 1. The molecule has 0 fully saturated rings. The third-order valence-corrected chi connectivity index (χ3v) is 3.95. The first-order valence-corrected chi connectivity index (χ1v) is 7.41. The van der Waals surface area contributed by atoms with Crippen molar-refractivity contribution in [3.8, 4) is 5.75 Å². The first-order valence-electron chi connectivity index (χ1n) is 6.53. The zero-order valence-corrected chi connectivity index (χ0v) is 12.5. The Balaban J connectivity index is 1.95. The molecule has 0 bridgehead atoms. The maximum absolute atomic E-state index is 5.85. The molecule has 0 spiro atoms. The van der Waals surface area contributed by atoms with E-state index >= 15 is 0 Å². The van der Waals surface area contributed by atoms with Crippen LogP contribution in [-0.2, 0) is 13.2 Å². The van der Waals surface area contributed by atoms with Crippen LogP contribution >= 0.6 is 11.3 Å². The first kappa shape index (κ1) is 14.0. The van der Waals surface area contributed by atoms with E-state index in [1.807, 2.05) is 12.1 Å². The topological polar surface area (TPSA) is 34.2 Å². The molecule has 0 unspecified atom stereocenters. The molecular weight excluding hydrogens is 256 g/mol. The van der Waals surface area contributed by atoms with Gasteiger partial charge in [-0.1, -0.05) is 19.1 Å².